The highest BCUT2D eigenvalue weighted by atomic mass is 35.5. The van der Waals surface area contributed by atoms with E-state index in [4.69, 9.17) is 20.8 Å². The van der Waals surface area contributed by atoms with Crippen LogP contribution in [0.2, 0.25) is 5.15 Å². The molecule has 27 heavy (non-hydrogen) atoms. The van der Waals surface area contributed by atoms with Gasteiger partial charge in [-0.3, -0.25) is 4.79 Å². The minimum absolute atomic E-state index is 0.103. The van der Waals surface area contributed by atoms with Crippen LogP contribution >= 0.6 is 11.6 Å². The molecule has 1 aliphatic rings. The molecule has 2 heterocycles. The summed E-state index contributed by atoms with van der Waals surface area (Å²) in [6, 6.07) is 11.3. The van der Waals surface area contributed by atoms with E-state index in [0.717, 1.165) is 47.9 Å². The van der Waals surface area contributed by atoms with E-state index in [1.54, 1.807) is 19.2 Å². The predicted molar refractivity (Wildman–Crippen MR) is 104 cm³/mol. The second-order valence-corrected chi connectivity index (χ2v) is 7.20. The van der Waals surface area contributed by atoms with E-state index in [1.807, 2.05) is 29.2 Å². The Balaban J connectivity index is 1.69. The maximum atomic E-state index is 13.0. The smallest absolute Gasteiger partial charge is 0.290 e. The van der Waals surface area contributed by atoms with Crippen molar-refractivity contribution in [2.24, 2.45) is 0 Å². The first kappa shape index (κ1) is 17.9. The largest absolute Gasteiger partial charge is 0.497 e. The molecule has 0 saturated heterocycles. The molecule has 4 rings (SSSR count). The summed E-state index contributed by atoms with van der Waals surface area (Å²) in [6.07, 6.45) is 5.79. The van der Waals surface area contributed by atoms with Gasteiger partial charge >= 0.3 is 0 Å². The molecule has 0 bridgehead atoms. The summed E-state index contributed by atoms with van der Waals surface area (Å²) in [5, 5.41) is 1.36. The van der Waals surface area contributed by atoms with Crippen LogP contribution in [0.1, 0.15) is 41.8 Å². The highest BCUT2D eigenvalue weighted by Crippen LogP contribution is 2.30. The first-order valence-corrected chi connectivity index (χ1v) is 9.51. The Bertz CT molecular complexity index is 949. The summed E-state index contributed by atoms with van der Waals surface area (Å²) in [7, 11) is 1.63. The number of hydrogen-bond donors (Lipinski definition) is 0. The molecule has 1 fully saturated rings. The molecule has 0 aliphatic heterocycles. The number of nitrogens with zero attached hydrogens (tertiary/aromatic N) is 2. The predicted octanol–water partition coefficient (Wildman–Crippen LogP) is 5.07. The van der Waals surface area contributed by atoms with E-state index < -0.39 is 0 Å². The van der Waals surface area contributed by atoms with Gasteiger partial charge in [0.05, 0.1) is 18.9 Å². The van der Waals surface area contributed by atoms with Gasteiger partial charge in [-0.1, -0.05) is 24.4 Å². The van der Waals surface area contributed by atoms with Crippen molar-refractivity contribution >= 4 is 28.4 Å². The quantitative estimate of drug-likeness (QED) is 0.576. The van der Waals surface area contributed by atoms with E-state index in [1.165, 1.54) is 6.26 Å². The molecule has 3 aromatic rings. The third-order valence-corrected chi connectivity index (χ3v) is 5.47. The lowest BCUT2D eigenvalue weighted by Gasteiger charge is -2.28. The maximum absolute atomic E-state index is 13.0. The Morgan fingerprint density at radius 1 is 1.30 bits per heavy atom. The van der Waals surface area contributed by atoms with Crippen molar-refractivity contribution in [1.82, 2.24) is 9.88 Å². The van der Waals surface area contributed by atoms with E-state index in [0.29, 0.717) is 17.5 Å². The lowest BCUT2D eigenvalue weighted by atomic mass is 10.1. The molecule has 0 atom stereocenters. The number of carbonyl (C=O) groups excluding carboxylic acids is 1. The summed E-state index contributed by atoms with van der Waals surface area (Å²) in [5.74, 6) is 1.01. The van der Waals surface area contributed by atoms with Gasteiger partial charge in [0.2, 0.25) is 0 Å². The Morgan fingerprint density at radius 3 is 2.81 bits per heavy atom. The van der Waals surface area contributed by atoms with E-state index >= 15 is 0 Å². The van der Waals surface area contributed by atoms with Gasteiger partial charge in [0.25, 0.3) is 5.91 Å². The molecule has 0 N–H and O–H groups in total. The van der Waals surface area contributed by atoms with Crippen LogP contribution in [-0.2, 0) is 6.54 Å². The second kappa shape index (κ2) is 7.61. The second-order valence-electron chi connectivity index (χ2n) is 6.85. The number of ether oxygens (including phenoxy) is 1. The fourth-order valence-corrected chi connectivity index (χ4v) is 3.93. The van der Waals surface area contributed by atoms with Crippen molar-refractivity contribution in [1.29, 1.82) is 0 Å². The molecule has 0 unspecified atom stereocenters. The van der Waals surface area contributed by atoms with Crippen molar-refractivity contribution in [3.05, 3.63) is 59.1 Å². The van der Waals surface area contributed by atoms with E-state index in [-0.39, 0.29) is 11.9 Å². The monoisotopic (exact) mass is 384 g/mol. The summed E-state index contributed by atoms with van der Waals surface area (Å²) in [6.45, 7) is 0.406. The van der Waals surface area contributed by atoms with Crippen LogP contribution in [0.25, 0.3) is 10.9 Å². The number of methoxy groups -OCH3 is 1. The molecule has 0 spiro atoms. The zero-order valence-electron chi connectivity index (χ0n) is 15.2. The summed E-state index contributed by atoms with van der Waals surface area (Å²) < 4.78 is 10.7. The number of rotatable bonds is 5. The average molecular weight is 385 g/mol. The Morgan fingerprint density at radius 2 is 2.11 bits per heavy atom. The van der Waals surface area contributed by atoms with Crippen molar-refractivity contribution in [2.75, 3.05) is 7.11 Å². The number of furan rings is 1. The number of aromatic nitrogens is 1. The topological polar surface area (TPSA) is 55.6 Å². The lowest BCUT2D eigenvalue weighted by molar-refractivity contribution is 0.0631. The van der Waals surface area contributed by atoms with Crippen LogP contribution in [0.3, 0.4) is 0 Å². The van der Waals surface area contributed by atoms with Gasteiger partial charge in [-0.2, -0.15) is 0 Å². The van der Waals surface area contributed by atoms with E-state index in [2.05, 4.69) is 4.98 Å². The van der Waals surface area contributed by atoms with Crippen LogP contribution < -0.4 is 4.74 Å². The number of carbonyl (C=O) groups is 1. The zero-order valence-corrected chi connectivity index (χ0v) is 15.9. The van der Waals surface area contributed by atoms with Crippen molar-refractivity contribution in [3.63, 3.8) is 0 Å². The summed E-state index contributed by atoms with van der Waals surface area (Å²) >= 11 is 6.45. The molecule has 5 nitrogen and oxygen atoms in total. The minimum Gasteiger partial charge on any atom is -0.497 e. The molecular formula is C21H21ClN2O3. The first-order chi connectivity index (χ1) is 13.2. The standard InChI is InChI=1S/C21H21ClN2O3/c1-26-17-8-9-18-14(12-17)11-15(20(22)23-18)13-24(16-5-2-3-6-16)21(25)19-7-4-10-27-19/h4,7-12,16H,2-3,5-6,13H2,1H3. The van der Waals surface area contributed by atoms with Gasteiger partial charge in [0.1, 0.15) is 10.9 Å². The number of hydrogen-bond acceptors (Lipinski definition) is 4. The third kappa shape index (κ3) is 3.65. The van der Waals surface area contributed by atoms with Gasteiger partial charge in [0, 0.05) is 23.5 Å². The van der Waals surface area contributed by atoms with Gasteiger partial charge < -0.3 is 14.1 Å². The molecular weight excluding hydrogens is 364 g/mol. The molecule has 1 amide bonds. The average Bonchev–Trinajstić information content (AvgIpc) is 3.39. The van der Waals surface area contributed by atoms with Crippen LogP contribution in [0.5, 0.6) is 5.75 Å². The lowest BCUT2D eigenvalue weighted by Crippen LogP contribution is -2.38. The summed E-state index contributed by atoms with van der Waals surface area (Å²) in [4.78, 5) is 19.4. The van der Waals surface area contributed by atoms with Crippen molar-refractivity contribution in [3.8, 4) is 5.75 Å². The fraction of sp³-hybridized carbons (Fsp3) is 0.333. The van der Waals surface area contributed by atoms with E-state index in [9.17, 15) is 4.79 Å². The number of pyridine rings is 1. The van der Waals surface area contributed by atoms with Crippen molar-refractivity contribution < 1.29 is 13.9 Å². The van der Waals surface area contributed by atoms with Gasteiger partial charge in [-0.05, 0) is 49.2 Å². The normalized spacial score (nSPS) is 14.6. The fourth-order valence-electron chi connectivity index (χ4n) is 3.72. The van der Waals surface area contributed by atoms with Crippen LogP contribution in [0.4, 0.5) is 0 Å². The highest BCUT2D eigenvalue weighted by molar-refractivity contribution is 6.30. The van der Waals surface area contributed by atoms with Gasteiger partial charge in [-0.25, -0.2) is 4.98 Å². The molecule has 1 saturated carbocycles. The van der Waals surface area contributed by atoms with Gasteiger partial charge in [-0.15, -0.1) is 0 Å². The number of halogens is 1. The van der Waals surface area contributed by atoms with Crippen molar-refractivity contribution in [2.45, 2.75) is 38.3 Å². The van der Waals surface area contributed by atoms with Crippen LogP contribution in [0, 0.1) is 0 Å². The third-order valence-electron chi connectivity index (χ3n) is 5.15. The SMILES string of the molecule is COc1ccc2nc(Cl)c(CN(C(=O)c3ccco3)C3CCCC3)cc2c1. The molecule has 2 aromatic heterocycles. The Kier molecular flexibility index (Phi) is 5.03. The first-order valence-electron chi connectivity index (χ1n) is 9.13. The zero-order chi connectivity index (χ0) is 18.8. The molecule has 0 radical (unpaired) electrons. The van der Waals surface area contributed by atoms with Crippen LogP contribution in [0.15, 0.2) is 47.1 Å². The number of benzene rings is 1. The summed E-state index contributed by atoms with van der Waals surface area (Å²) in [5.41, 5.74) is 1.62. The number of amides is 1. The molecule has 140 valence electrons. The molecule has 1 aliphatic carbocycles. The Hall–Kier alpha value is -2.53. The molecule has 6 heteroatoms. The molecule has 1 aromatic carbocycles. The Labute approximate surface area is 162 Å². The minimum atomic E-state index is -0.103. The number of fused-ring (bicyclic) bond motifs is 1. The van der Waals surface area contributed by atoms with Crippen LogP contribution in [-0.4, -0.2) is 28.9 Å². The van der Waals surface area contributed by atoms with Gasteiger partial charge in [0.15, 0.2) is 5.76 Å². The maximum Gasteiger partial charge on any atom is 0.290 e. The highest BCUT2D eigenvalue weighted by Gasteiger charge is 2.29.